The van der Waals surface area contributed by atoms with E-state index in [2.05, 4.69) is 15.6 Å². The predicted octanol–water partition coefficient (Wildman–Crippen LogP) is 2.87. The number of halogens is 2. The number of imidazole rings is 1. The van der Waals surface area contributed by atoms with Crippen molar-refractivity contribution in [2.75, 3.05) is 6.61 Å². The predicted molar refractivity (Wildman–Crippen MR) is 122 cm³/mol. The molecule has 1 aromatic carbocycles. The van der Waals surface area contributed by atoms with Gasteiger partial charge in [0.15, 0.2) is 6.61 Å². The van der Waals surface area contributed by atoms with Crippen LogP contribution in [0.15, 0.2) is 48.8 Å². The van der Waals surface area contributed by atoms with Gasteiger partial charge in [0.25, 0.3) is 11.8 Å². The summed E-state index contributed by atoms with van der Waals surface area (Å²) in [5.74, 6) is -1.08. The van der Waals surface area contributed by atoms with Crippen LogP contribution < -0.4 is 15.4 Å². The van der Waals surface area contributed by atoms with Gasteiger partial charge >= 0.3 is 0 Å². The Labute approximate surface area is 200 Å². The molecule has 6 rings (SSSR count). The smallest absolute Gasteiger partial charge is 0.270 e. The van der Waals surface area contributed by atoms with Crippen LogP contribution in [0.1, 0.15) is 42.6 Å². The van der Waals surface area contributed by atoms with Crippen LogP contribution >= 0.6 is 11.6 Å². The second-order valence-electron chi connectivity index (χ2n) is 9.10. The molecule has 2 bridgehead atoms. The van der Waals surface area contributed by atoms with E-state index in [1.807, 2.05) is 18.2 Å². The van der Waals surface area contributed by atoms with Gasteiger partial charge in [-0.15, -0.1) is 0 Å². The molecule has 0 aliphatic heterocycles. The highest BCUT2D eigenvalue weighted by Crippen LogP contribution is 2.47. The molecule has 3 aliphatic rings. The summed E-state index contributed by atoms with van der Waals surface area (Å²) in [6, 6.07) is 9.46. The number of benzene rings is 1. The highest BCUT2D eigenvalue weighted by atomic mass is 35.5. The van der Waals surface area contributed by atoms with E-state index in [1.165, 1.54) is 12.1 Å². The number of hydrogen-bond acceptors (Lipinski definition) is 5. The fraction of sp³-hybridized carbons (Fsp3) is 0.375. The fourth-order valence-electron chi connectivity index (χ4n) is 5.10. The Morgan fingerprint density at radius 1 is 1.21 bits per heavy atom. The molecule has 0 radical (unpaired) electrons. The normalized spacial score (nSPS) is 25.8. The molecule has 1 unspecified atom stereocenters. The Hall–Kier alpha value is -3.17. The first-order valence-corrected chi connectivity index (χ1v) is 11.5. The third-order valence-corrected chi connectivity index (χ3v) is 7.31. The second-order valence-corrected chi connectivity index (χ2v) is 9.50. The molecule has 0 saturated heterocycles. The molecule has 3 aromatic rings. The molecule has 178 valence electrons. The number of aliphatic hydroxyl groups excluding tert-OH is 1. The van der Waals surface area contributed by atoms with Crippen molar-refractivity contribution in [1.29, 1.82) is 0 Å². The number of carbonyl (C=O) groups is 2. The van der Waals surface area contributed by atoms with Crippen LogP contribution in [0.5, 0.6) is 5.75 Å². The summed E-state index contributed by atoms with van der Waals surface area (Å²) in [6.07, 6.45) is 5.11. The fourth-order valence-corrected chi connectivity index (χ4v) is 5.21. The molecule has 0 spiro atoms. The number of nitrogens with zero attached hydrogens (tertiary/aromatic N) is 2. The quantitative estimate of drug-likeness (QED) is 0.497. The average molecular weight is 487 g/mol. The Bertz CT molecular complexity index is 1250. The first-order valence-electron chi connectivity index (χ1n) is 11.1. The highest BCUT2D eigenvalue weighted by Gasteiger charge is 2.55. The molecule has 2 amide bonds. The Morgan fingerprint density at radius 3 is 2.74 bits per heavy atom. The Balaban J connectivity index is 1.21. The molecule has 10 heteroatoms. The lowest BCUT2D eigenvalue weighted by molar-refractivity contribution is -0.132. The van der Waals surface area contributed by atoms with Gasteiger partial charge in [0.05, 0.1) is 22.9 Å². The highest BCUT2D eigenvalue weighted by molar-refractivity contribution is 6.30. The van der Waals surface area contributed by atoms with Gasteiger partial charge in [-0.25, -0.2) is 9.37 Å². The topological polar surface area (TPSA) is 105 Å². The first-order chi connectivity index (χ1) is 16.3. The molecule has 2 aromatic heterocycles. The van der Waals surface area contributed by atoms with Crippen LogP contribution in [0.25, 0.3) is 5.65 Å². The number of hydrogen-bond donors (Lipinski definition) is 3. The van der Waals surface area contributed by atoms with E-state index in [9.17, 15) is 19.1 Å². The van der Waals surface area contributed by atoms with Crippen molar-refractivity contribution in [3.8, 4) is 5.75 Å². The SMILES string of the molecule is O=C(COc1ccc(Cl)c(F)c1)NC12CCC(NC(=O)c3cnc4ccccn34)(CC1)CC2O. The summed E-state index contributed by atoms with van der Waals surface area (Å²) in [7, 11) is 0. The molecule has 3 fully saturated rings. The summed E-state index contributed by atoms with van der Waals surface area (Å²) >= 11 is 5.66. The zero-order valence-corrected chi connectivity index (χ0v) is 19.0. The number of fused-ring (bicyclic) bond motifs is 4. The van der Waals surface area contributed by atoms with Crippen LogP contribution in [-0.4, -0.2) is 50.1 Å². The van der Waals surface area contributed by atoms with E-state index >= 15 is 0 Å². The van der Waals surface area contributed by atoms with E-state index in [0.717, 1.165) is 6.07 Å². The minimum atomic E-state index is -0.825. The van der Waals surface area contributed by atoms with Gasteiger partial charge < -0.3 is 20.5 Å². The van der Waals surface area contributed by atoms with Gasteiger partial charge in [-0.2, -0.15) is 0 Å². The van der Waals surface area contributed by atoms with Crippen LogP contribution in [-0.2, 0) is 4.79 Å². The largest absolute Gasteiger partial charge is 0.484 e. The summed E-state index contributed by atoms with van der Waals surface area (Å²) in [6.45, 7) is -0.314. The standard InChI is InChI=1S/C24H24ClFN4O4/c25-16-5-4-15(11-17(16)26)34-14-21(32)28-24-8-6-23(7-9-24,12-19(24)31)29-22(33)18-13-27-20-3-1-2-10-30(18)20/h1-5,10-11,13,19,31H,6-9,12,14H2,(H,28,32)(H,29,33). The number of rotatable bonds is 6. The van der Waals surface area contributed by atoms with Gasteiger partial charge in [0, 0.05) is 17.8 Å². The number of pyridine rings is 1. The second kappa shape index (κ2) is 8.56. The zero-order valence-electron chi connectivity index (χ0n) is 18.3. The molecule has 1 atom stereocenters. The van der Waals surface area contributed by atoms with Gasteiger partial charge in [-0.05, 0) is 56.4 Å². The minimum Gasteiger partial charge on any atom is -0.484 e. The van der Waals surface area contributed by atoms with E-state index < -0.39 is 28.9 Å². The van der Waals surface area contributed by atoms with Crippen LogP contribution in [0.2, 0.25) is 5.02 Å². The molecular formula is C24H24ClFN4O4. The number of amides is 2. The third-order valence-electron chi connectivity index (χ3n) is 7.00. The van der Waals surface area contributed by atoms with Crippen molar-refractivity contribution in [1.82, 2.24) is 20.0 Å². The van der Waals surface area contributed by atoms with E-state index in [1.54, 1.807) is 16.8 Å². The molecule has 3 saturated carbocycles. The third kappa shape index (κ3) is 4.10. The maximum atomic E-state index is 13.6. The van der Waals surface area contributed by atoms with Gasteiger partial charge in [-0.3, -0.25) is 14.0 Å². The van der Waals surface area contributed by atoms with Crippen molar-refractivity contribution in [3.05, 3.63) is 65.3 Å². The summed E-state index contributed by atoms with van der Waals surface area (Å²) < 4.78 is 20.7. The minimum absolute atomic E-state index is 0.0276. The first kappa shape index (κ1) is 22.6. The van der Waals surface area contributed by atoms with Crippen molar-refractivity contribution < 1.29 is 23.8 Å². The monoisotopic (exact) mass is 486 g/mol. The summed E-state index contributed by atoms with van der Waals surface area (Å²) in [4.78, 5) is 29.8. The molecule has 34 heavy (non-hydrogen) atoms. The van der Waals surface area contributed by atoms with Crippen LogP contribution in [0.3, 0.4) is 0 Å². The summed E-state index contributed by atoms with van der Waals surface area (Å²) in [5.41, 5.74) is -0.200. The van der Waals surface area contributed by atoms with E-state index in [-0.39, 0.29) is 23.3 Å². The molecule has 3 aliphatic carbocycles. The van der Waals surface area contributed by atoms with Gasteiger partial charge in [0.1, 0.15) is 22.9 Å². The van der Waals surface area contributed by atoms with E-state index in [4.69, 9.17) is 16.3 Å². The maximum absolute atomic E-state index is 13.6. The number of aliphatic hydroxyl groups is 1. The lowest BCUT2D eigenvalue weighted by atomic mass is 9.60. The summed E-state index contributed by atoms with van der Waals surface area (Å²) in [5, 5.41) is 17.0. The average Bonchev–Trinajstić information content (AvgIpc) is 3.25. The van der Waals surface area contributed by atoms with Crippen LogP contribution in [0.4, 0.5) is 4.39 Å². The Morgan fingerprint density at radius 2 is 2.00 bits per heavy atom. The maximum Gasteiger partial charge on any atom is 0.270 e. The van der Waals surface area contributed by atoms with Gasteiger partial charge in [0.2, 0.25) is 0 Å². The lowest BCUT2D eigenvalue weighted by Gasteiger charge is -2.56. The molecule has 8 nitrogen and oxygen atoms in total. The van der Waals surface area contributed by atoms with Crippen molar-refractivity contribution in [3.63, 3.8) is 0 Å². The van der Waals surface area contributed by atoms with Crippen molar-refractivity contribution in [2.24, 2.45) is 0 Å². The Kier molecular flexibility index (Phi) is 5.69. The molecule has 2 heterocycles. The van der Waals surface area contributed by atoms with Crippen molar-refractivity contribution in [2.45, 2.75) is 49.3 Å². The number of nitrogens with one attached hydrogen (secondary N) is 2. The van der Waals surface area contributed by atoms with Crippen LogP contribution in [0, 0.1) is 5.82 Å². The zero-order chi connectivity index (χ0) is 23.9. The number of ether oxygens (including phenoxy) is 1. The van der Waals surface area contributed by atoms with E-state index in [0.29, 0.717) is 43.4 Å². The molecule has 3 N–H and O–H groups in total. The number of aromatic nitrogens is 2. The lowest BCUT2D eigenvalue weighted by Crippen LogP contribution is -2.70. The van der Waals surface area contributed by atoms with Gasteiger partial charge in [-0.1, -0.05) is 17.7 Å². The van der Waals surface area contributed by atoms with Crippen molar-refractivity contribution >= 4 is 29.1 Å². The number of carbonyl (C=O) groups excluding carboxylic acids is 2. The molecular weight excluding hydrogens is 463 g/mol.